The van der Waals surface area contributed by atoms with Crippen LogP contribution in [-0.2, 0) is 0 Å². The second-order valence-electron chi connectivity index (χ2n) is 6.74. The van der Waals surface area contributed by atoms with E-state index in [1.54, 1.807) is 0 Å². The predicted octanol–water partition coefficient (Wildman–Crippen LogP) is 2.39. The van der Waals surface area contributed by atoms with Crippen LogP contribution in [0.1, 0.15) is 52.4 Å². The summed E-state index contributed by atoms with van der Waals surface area (Å²) in [6.45, 7) is 8.76. The second-order valence-corrected chi connectivity index (χ2v) is 6.74. The van der Waals surface area contributed by atoms with Gasteiger partial charge < -0.3 is 5.32 Å². The molecule has 0 radical (unpaired) electrons. The summed E-state index contributed by atoms with van der Waals surface area (Å²) in [5.74, 6) is 0.955. The molecular weight excluding hydrogens is 196 g/mol. The molecule has 3 fully saturated rings. The Morgan fingerprint density at radius 3 is 2.44 bits per heavy atom. The van der Waals surface area contributed by atoms with Gasteiger partial charge in [-0.25, -0.2) is 0 Å². The zero-order valence-corrected chi connectivity index (χ0v) is 10.9. The Morgan fingerprint density at radius 1 is 1.12 bits per heavy atom. The van der Waals surface area contributed by atoms with Crippen LogP contribution in [0.25, 0.3) is 0 Å². The second kappa shape index (κ2) is 3.71. The molecule has 2 saturated carbocycles. The molecular formula is C14H26N2. The first-order valence-electron chi connectivity index (χ1n) is 7.13. The van der Waals surface area contributed by atoms with Gasteiger partial charge in [0, 0.05) is 17.6 Å². The summed E-state index contributed by atoms with van der Waals surface area (Å²) in [5, 5.41) is 3.83. The van der Waals surface area contributed by atoms with Crippen molar-refractivity contribution in [2.75, 3.05) is 19.6 Å². The quantitative estimate of drug-likeness (QED) is 0.772. The van der Waals surface area contributed by atoms with E-state index in [2.05, 4.69) is 24.1 Å². The predicted molar refractivity (Wildman–Crippen MR) is 67.6 cm³/mol. The van der Waals surface area contributed by atoms with Gasteiger partial charge in [-0.2, -0.15) is 0 Å². The van der Waals surface area contributed by atoms with Crippen LogP contribution in [0.5, 0.6) is 0 Å². The first-order valence-corrected chi connectivity index (χ1v) is 7.13. The van der Waals surface area contributed by atoms with Gasteiger partial charge in [-0.05, 0) is 71.4 Å². The van der Waals surface area contributed by atoms with Crippen molar-refractivity contribution in [1.82, 2.24) is 10.2 Å². The Morgan fingerprint density at radius 2 is 1.88 bits per heavy atom. The fourth-order valence-electron chi connectivity index (χ4n) is 3.63. The first kappa shape index (κ1) is 11.0. The van der Waals surface area contributed by atoms with Crippen molar-refractivity contribution in [3.05, 3.63) is 0 Å². The SMILES string of the molecule is CC1(C2CC2)CN(C2(C)CCC2)CCCN1. The largest absolute Gasteiger partial charge is 0.310 e. The Balaban J connectivity index is 1.73. The van der Waals surface area contributed by atoms with Crippen LogP contribution in [-0.4, -0.2) is 35.6 Å². The molecule has 0 spiro atoms. The third kappa shape index (κ3) is 1.80. The minimum Gasteiger partial charge on any atom is -0.310 e. The topological polar surface area (TPSA) is 15.3 Å². The zero-order chi connectivity index (χ0) is 11.2. The summed E-state index contributed by atoms with van der Waals surface area (Å²) in [6.07, 6.45) is 8.53. The van der Waals surface area contributed by atoms with E-state index in [4.69, 9.17) is 0 Å². The minimum absolute atomic E-state index is 0.412. The Bertz CT molecular complexity index is 268. The van der Waals surface area contributed by atoms with E-state index in [1.807, 2.05) is 0 Å². The highest BCUT2D eigenvalue weighted by atomic mass is 15.2. The highest BCUT2D eigenvalue weighted by Gasteiger charge is 2.47. The van der Waals surface area contributed by atoms with Gasteiger partial charge in [0.2, 0.25) is 0 Å². The molecule has 3 aliphatic rings. The lowest BCUT2D eigenvalue weighted by Gasteiger charge is -2.50. The summed E-state index contributed by atoms with van der Waals surface area (Å²) in [7, 11) is 0. The lowest BCUT2D eigenvalue weighted by molar-refractivity contribution is 0.0169. The molecule has 1 aliphatic heterocycles. The molecule has 1 saturated heterocycles. The van der Waals surface area contributed by atoms with Crippen LogP contribution in [0.15, 0.2) is 0 Å². The number of rotatable bonds is 2. The number of nitrogens with zero attached hydrogens (tertiary/aromatic N) is 1. The Hall–Kier alpha value is -0.0800. The molecule has 2 aliphatic carbocycles. The molecule has 2 nitrogen and oxygen atoms in total. The van der Waals surface area contributed by atoms with Gasteiger partial charge in [-0.15, -0.1) is 0 Å². The Labute approximate surface area is 99.8 Å². The molecule has 92 valence electrons. The molecule has 0 amide bonds. The Kier molecular flexibility index (Phi) is 2.56. The van der Waals surface area contributed by atoms with E-state index in [0.717, 1.165) is 5.92 Å². The van der Waals surface area contributed by atoms with Crippen molar-refractivity contribution < 1.29 is 0 Å². The van der Waals surface area contributed by atoms with Crippen molar-refractivity contribution in [3.63, 3.8) is 0 Å². The number of hydrogen-bond donors (Lipinski definition) is 1. The molecule has 0 bridgehead atoms. The molecule has 0 aromatic carbocycles. The maximum atomic E-state index is 3.83. The maximum Gasteiger partial charge on any atom is 0.0308 e. The lowest BCUT2D eigenvalue weighted by Crippen LogP contribution is -2.58. The van der Waals surface area contributed by atoms with Crippen molar-refractivity contribution in [3.8, 4) is 0 Å². The standard InChI is InChI=1S/C14H26N2/c1-13(7-3-8-13)16-10-4-9-15-14(2,11-16)12-5-6-12/h12,15H,3-11H2,1-2H3. The monoisotopic (exact) mass is 222 g/mol. The van der Waals surface area contributed by atoms with Crippen molar-refractivity contribution in [1.29, 1.82) is 0 Å². The van der Waals surface area contributed by atoms with Crippen LogP contribution in [0.2, 0.25) is 0 Å². The van der Waals surface area contributed by atoms with Crippen molar-refractivity contribution in [2.24, 2.45) is 5.92 Å². The molecule has 0 aromatic rings. The zero-order valence-electron chi connectivity index (χ0n) is 10.9. The summed E-state index contributed by atoms with van der Waals surface area (Å²) >= 11 is 0. The van der Waals surface area contributed by atoms with E-state index in [1.165, 1.54) is 58.2 Å². The van der Waals surface area contributed by atoms with Gasteiger partial charge in [-0.3, -0.25) is 4.90 Å². The van der Waals surface area contributed by atoms with Crippen LogP contribution in [0.3, 0.4) is 0 Å². The van der Waals surface area contributed by atoms with E-state index < -0.39 is 0 Å². The van der Waals surface area contributed by atoms with Crippen molar-refractivity contribution in [2.45, 2.75) is 63.5 Å². The fourth-order valence-corrected chi connectivity index (χ4v) is 3.63. The molecule has 1 heterocycles. The van der Waals surface area contributed by atoms with Gasteiger partial charge >= 0.3 is 0 Å². The fraction of sp³-hybridized carbons (Fsp3) is 1.00. The maximum absolute atomic E-state index is 3.83. The van der Waals surface area contributed by atoms with Gasteiger partial charge in [-0.1, -0.05) is 0 Å². The third-order valence-corrected chi connectivity index (χ3v) is 5.33. The average Bonchev–Trinajstić information content (AvgIpc) is 3.00. The highest BCUT2D eigenvalue weighted by Crippen LogP contribution is 2.44. The third-order valence-electron chi connectivity index (χ3n) is 5.33. The highest BCUT2D eigenvalue weighted by molar-refractivity contribution is 5.05. The summed E-state index contributed by atoms with van der Waals surface area (Å²) in [6, 6.07) is 0. The summed E-state index contributed by atoms with van der Waals surface area (Å²) < 4.78 is 0. The molecule has 3 rings (SSSR count). The smallest absolute Gasteiger partial charge is 0.0308 e. The van der Waals surface area contributed by atoms with Gasteiger partial charge in [0.1, 0.15) is 0 Å². The molecule has 0 aromatic heterocycles. The first-order chi connectivity index (χ1) is 7.62. The molecule has 16 heavy (non-hydrogen) atoms. The van der Waals surface area contributed by atoms with Gasteiger partial charge in [0.05, 0.1) is 0 Å². The molecule has 1 atom stereocenters. The lowest BCUT2D eigenvalue weighted by atomic mass is 9.76. The van der Waals surface area contributed by atoms with E-state index in [0.29, 0.717) is 11.1 Å². The van der Waals surface area contributed by atoms with E-state index in [9.17, 15) is 0 Å². The minimum atomic E-state index is 0.412. The van der Waals surface area contributed by atoms with Gasteiger partial charge in [0.15, 0.2) is 0 Å². The number of hydrogen-bond acceptors (Lipinski definition) is 2. The van der Waals surface area contributed by atoms with E-state index >= 15 is 0 Å². The normalized spacial score (nSPS) is 40.1. The number of nitrogens with one attached hydrogen (secondary N) is 1. The van der Waals surface area contributed by atoms with Crippen LogP contribution in [0.4, 0.5) is 0 Å². The molecule has 2 heteroatoms. The van der Waals surface area contributed by atoms with Crippen molar-refractivity contribution >= 4 is 0 Å². The molecule has 1 unspecified atom stereocenters. The van der Waals surface area contributed by atoms with Crippen LogP contribution >= 0.6 is 0 Å². The van der Waals surface area contributed by atoms with Crippen LogP contribution < -0.4 is 5.32 Å². The summed E-state index contributed by atoms with van der Waals surface area (Å²) in [5.41, 5.74) is 0.956. The summed E-state index contributed by atoms with van der Waals surface area (Å²) in [4.78, 5) is 2.80. The average molecular weight is 222 g/mol. The van der Waals surface area contributed by atoms with E-state index in [-0.39, 0.29) is 0 Å². The molecule has 1 N–H and O–H groups in total. The van der Waals surface area contributed by atoms with Gasteiger partial charge in [0.25, 0.3) is 0 Å². The van der Waals surface area contributed by atoms with Crippen LogP contribution in [0, 0.1) is 5.92 Å².